The van der Waals surface area contributed by atoms with Crippen LogP contribution < -0.4 is 0 Å². The summed E-state index contributed by atoms with van der Waals surface area (Å²) >= 11 is 0. The zero-order valence-electron chi connectivity index (χ0n) is 30.8. The van der Waals surface area contributed by atoms with Crippen molar-refractivity contribution in [1.29, 1.82) is 15.8 Å². The second kappa shape index (κ2) is 15.6. The molecule has 0 unspecified atom stereocenters. The predicted molar refractivity (Wildman–Crippen MR) is 227 cm³/mol. The zero-order valence-corrected chi connectivity index (χ0v) is 30.8. The number of benzene rings is 8. The van der Waals surface area contributed by atoms with Gasteiger partial charge < -0.3 is 0 Å². The van der Waals surface area contributed by atoms with E-state index >= 15 is 0 Å². The topological polar surface area (TPSA) is 75.7 Å². The lowest BCUT2D eigenvalue weighted by Gasteiger charge is -2.38. The van der Waals surface area contributed by atoms with Crippen LogP contribution in [0.2, 0.25) is 0 Å². The van der Waals surface area contributed by atoms with E-state index in [2.05, 4.69) is 47.3 Å². The van der Waals surface area contributed by atoms with E-state index in [1.165, 1.54) is 0 Å². The Balaban J connectivity index is 1.57. The standard InChI is InChI=1S/C53H32N4/c1-57-52-29-28-47(33-51(52)40-20-12-5-13-21-40)53(44-25-22-41(34-54)48(30-44)37-14-6-2-7-15-37,45-26-23-42(35-55)49(31-45)38-16-8-3-9-17-38)46-27-24-43(36-56)50(32-46)39-18-10-4-11-19-39/h2-33H. The van der Waals surface area contributed by atoms with E-state index in [1.54, 1.807) is 0 Å². The van der Waals surface area contributed by atoms with E-state index in [1.807, 2.05) is 170 Å². The van der Waals surface area contributed by atoms with Gasteiger partial charge >= 0.3 is 0 Å². The predicted octanol–water partition coefficient (Wildman–Crippen LogP) is 12.9. The lowest BCUT2D eigenvalue weighted by Crippen LogP contribution is -2.31. The molecule has 8 aromatic rings. The number of rotatable bonds is 8. The highest BCUT2D eigenvalue weighted by molar-refractivity contribution is 5.83. The van der Waals surface area contributed by atoms with Crippen molar-refractivity contribution in [1.82, 2.24) is 0 Å². The summed E-state index contributed by atoms with van der Waals surface area (Å²) in [4.78, 5) is 3.96. The molecule has 264 valence electrons. The van der Waals surface area contributed by atoms with Gasteiger partial charge in [0.05, 0.1) is 46.9 Å². The van der Waals surface area contributed by atoms with Crippen molar-refractivity contribution in [2.24, 2.45) is 0 Å². The van der Waals surface area contributed by atoms with E-state index in [9.17, 15) is 15.8 Å². The lowest BCUT2D eigenvalue weighted by atomic mass is 9.63. The molecule has 4 heteroatoms. The first-order valence-electron chi connectivity index (χ1n) is 18.5. The molecular formula is C53H32N4. The summed E-state index contributed by atoms with van der Waals surface area (Å²) in [6.45, 7) is 8.19. The molecule has 4 nitrogen and oxygen atoms in total. The van der Waals surface area contributed by atoms with Crippen LogP contribution in [-0.4, -0.2) is 0 Å². The van der Waals surface area contributed by atoms with Gasteiger partial charge in [-0.05, 0) is 103 Å². The third-order valence-electron chi connectivity index (χ3n) is 10.6. The Labute approximate surface area is 332 Å². The van der Waals surface area contributed by atoms with Crippen LogP contribution >= 0.6 is 0 Å². The molecule has 0 N–H and O–H groups in total. The highest BCUT2D eigenvalue weighted by atomic mass is 14.6. The van der Waals surface area contributed by atoms with Crippen LogP contribution in [0.1, 0.15) is 38.9 Å². The Morgan fingerprint density at radius 2 is 0.632 bits per heavy atom. The lowest BCUT2D eigenvalue weighted by molar-refractivity contribution is 0.746. The van der Waals surface area contributed by atoms with Gasteiger partial charge in [-0.1, -0.05) is 158 Å². The molecule has 0 aromatic heterocycles. The Hall–Kier alpha value is -8.28. The second-order valence-electron chi connectivity index (χ2n) is 13.7. The molecule has 0 fully saturated rings. The van der Waals surface area contributed by atoms with Gasteiger partial charge in [-0.3, -0.25) is 0 Å². The Morgan fingerprint density at radius 1 is 0.351 bits per heavy atom. The van der Waals surface area contributed by atoms with Gasteiger partial charge in [0.1, 0.15) is 0 Å². The van der Waals surface area contributed by atoms with Crippen LogP contribution in [0, 0.1) is 40.6 Å². The SMILES string of the molecule is [C-]#[N+]c1ccc(C(c2ccc(C#N)c(-c3ccccc3)c2)(c2ccc(C#N)c(-c3ccccc3)c2)c2ccc(C#N)c(-c3ccccc3)c2)cc1-c1ccccc1. The minimum absolute atomic E-state index is 0.512. The van der Waals surface area contributed by atoms with Crippen molar-refractivity contribution < 1.29 is 0 Å². The summed E-state index contributed by atoms with van der Waals surface area (Å²) in [5.74, 6) is 0. The first kappa shape index (κ1) is 35.7. The maximum absolute atomic E-state index is 10.4. The van der Waals surface area contributed by atoms with E-state index in [0.29, 0.717) is 22.4 Å². The summed E-state index contributed by atoms with van der Waals surface area (Å²) in [5.41, 5.74) is 11.1. The Kier molecular flexibility index (Phi) is 9.78. The van der Waals surface area contributed by atoms with Gasteiger partial charge in [0, 0.05) is 0 Å². The maximum atomic E-state index is 10.4. The molecule has 0 bridgehead atoms. The fourth-order valence-corrected chi connectivity index (χ4v) is 7.91. The molecule has 0 aliphatic carbocycles. The number of hydrogen-bond donors (Lipinski definition) is 0. The van der Waals surface area contributed by atoms with Gasteiger partial charge in [0.25, 0.3) is 0 Å². The van der Waals surface area contributed by atoms with Crippen molar-refractivity contribution in [3.8, 4) is 62.7 Å². The average molecular weight is 725 g/mol. The second-order valence-corrected chi connectivity index (χ2v) is 13.7. The molecule has 0 saturated carbocycles. The third-order valence-corrected chi connectivity index (χ3v) is 10.6. The molecule has 8 rings (SSSR count). The van der Waals surface area contributed by atoms with Gasteiger partial charge in [-0.25, -0.2) is 4.85 Å². The molecule has 0 radical (unpaired) electrons. The van der Waals surface area contributed by atoms with Gasteiger partial charge in [0.15, 0.2) is 5.69 Å². The number of nitriles is 3. The van der Waals surface area contributed by atoms with Gasteiger partial charge in [-0.2, -0.15) is 15.8 Å². The van der Waals surface area contributed by atoms with E-state index in [0.717, 1.165) is 66.8 Å². The van der Waals surface area contributed by atoms with E-state index in [4.69, 9.17) is 6.57 Å². The molecule has 0 aliphatic rings. The van der Waals surface area contributed by atoms with Gasteiger partial charge in [-0.15, -0.1) is 0 Å². The van der Waals surface area contributed by atoms with Crippen LogP contribution in [-0.2, 0) is 5.41 Å². The highest BCUT2D eigenvalue weighted by Gasteiger charge is 2.40. The van der Waals surface area contributed by atoms with E-state index < -0.39 is 5.41 Å². The fraction of sp³-hybridized carbons (Fsp3) is 0.0189. The van der Waals surface area contributed by atoms with Crippen LogP contribution in [0.3, 0.4) is 0 Å². The highest BCUT2D eigenvalue weighted by Crippen LogP contribution is 2.50. The largest absolute Gasteiger partial charge is 0.238 e. The van der Waals surface area contributed by atoms with Crippen LogP contribution in [0.25, 0.3) is 49.4 Å². The number of nitrogens with zero attached hydrogens (tertiary/aromatic N) is 4. The molecule has 0 saturated heterocycles. The molecule has 57 heavy (non-hydrogen) atoms. The van der Waals surface area contributed by atoms with Crippen LogP contribution in [0.5, 0.6) is 0 Å². The summed E-state index contributed by atoms with van der Waals surface area (Å²) in [6.07, 6.45) is 0. The van der Waals surface area contributed by atoms with Crippen molar-refractivity contribution in [2.75, 3.05) is 0 Å². The Morgan fingerprint density at radius 3 is 0.930 bits per heavy atom. The van der Waals surface area contributed by atoms with Crippen LogP contribution in [0.15, 0.2) is 194 Å². The molecule has 0 spiro atoms. The smallest absolute Gasteiger partial charge is 0.194 e. The Bertz CT molecular complexity index is 2520. The van der Waals surface area contributed by atoms with Crippen LogP contribution in [0.4, 0.5) is 5.69 Å². The first-order valence-corrected chi connectivity index (χ1v) is 18.5. The van der Waals surface area contributed by atoms with Crippen molar-refractivity contribution >= 4 is 5.69 Å². The maximum Gasteiger partial charge on any atom is 0.194 e. The zero-order chi connectivity index (χ0) is 39.2. The molecule has 8 aromatic carbocycles. The summed E-state index contributed by atoms with van der Waals surface area (Å²) in [5, 5.41) is 31.3. The van der Waals surface area contributed by atoms with Gasteiger partial charge in [0.2, 0.25) is 0 Å². The number of hydrogen-bond acceptors (Lipinski definition) is 3. The molecular weight excluding hydrogens is 693 g/mol. The monoisotopic (exact) mass is 724 g/mol. The molecule has 0 heterocycles. The fourth-order valence-electron chi connectivity index (χ4n) is 7.91. The average Bonchev–Trinajstić information content (AvgIpc) is 3.30. The first-order chi connectivity index (χ1) is 28.1. The summed E-state index contributed by atoms with van der Waals surface area (Å²) < 4.78 is 0. The summed E-state index contributed by atoms with van der Waals surface area (Å²) in [7, 11) is 0. The molecule has 0 aliphatic heterocycles. The normalized spacial score (nSPS) is 10.7. The summed E-state index contributed by atoms with van der Waals surface area (Å²) in [6, 6.07) is 70.8. The third kappa shape index (κ3) is 6.52. The minimum Gasteiger partial charge on any atom is -0.238 e. The van der Waals surface area contributed by atoms with Crippen molar-refractivity contribution in [3.63, 3.8) is 0 Å². The van der Waals surface area contributed by atoms with E-state index in [-0.39, 0.29) is 0 Å². The minimum atomic E-state index is -1.11. The molecule has 0 atom stereocenters. The van der Waals surface area contributed by atoms with Crippen molar-refractivity contribution in [2.45, 2.75) is 5.41 Å². The quantitative estimate of drug-likeness (QED) is 0.116. The van der Waals surface area contributed by atoms with Crippen molar-refractivity contribution in [3.05, 3.63) is 244 Å². The molecule has 0 amide bonds.